The van der Waals surface area contributed by atoms with Crippen LogP contribution in [0.1, 0.15) is 18.4 Å². The lowest BCUT2D eigenvalue weighted by molar-refractivity contribution is -0.133. The normalized spacial score (nSPS) is 18.7. The fourth-order valence-corrected chi connectivity index (χ4v) is 2.56. The number of carbonyl (C=O) groups excluding carboxylic acids is 3. The number of hydrogen-bond acceptors (Lipinski definition) is 4. The summed E-state index contributed by atoms with van der Waals surface area (Å²) in [5.41, 5.74) is 6.11. The van der Waals surface area contributed by atoms with E-state index in [2.05, 4.69) is 5.32 Å². The predicted octanol–water partition coefficient (Wildman–Crippen LogP) is -0.474. The maximum Gasteiger partial charge on any atom is 0.243 e. The van der Waals surface area contributed by atoms with Crippen molar-refractivity contribution in [2.45, 2.75) is 31.3 Å². The zero-order valence-electron chi connectivity index (χ0n) is 12.1. The highest BCUT2D eigenvalue weighted by Crippen LogP contribution is 2.16. The second-order valence-electron chi connectivity index (χ2n) is 5.34. The van der Waals surface area contributed by atoms with Gasteiger partial charge in [-0.25, -0.2) is 0 Å². The van der Waals surface area contributed by atoms with Crippen molar-refractivity contribution < 1.29 is 19.5 Å². The van der Waals surface area contributed by atoms with Crippen molar-refractivity contribution in [2.24, 2.45) is 5.73 Å². The zero-order chi connectivity index (χ0) is 16.1. The van der Waals surface area contributed by atoms with E-state index >= 15 is 0 Å². The van der Waals surface area contributed by atoms with Gasteiger partial charge in [-0.1, -0.05) is 12.1 Å². The Kier molecular flexibility index (Phi) is 4.98. The van der Waals surface area contributed by atoms with Crippen LogP contribution in [0.15, 0.2) is 24.3 Å². The first-order valence-electron chi connectivity index (χ1n) is 7.10. The number of phenolic OH excluding ortho intramolecular Hbond substituents is 1. The van der Waals surface area contributed by atoms with Gasteiger partial charge in [0.25, 0.3) is 0 Å². The maximum atomic E-state index is 12.2. The molecule has 1 heterocycles. The number of aromatic hydroxyl groups is 1. The molecular weight excluding hydrogens is 286 g/mol. The number of benzene rings is 1. The molecule has 1 aliphatic rings. The molecule has 0 radical (unpaired) electrons. The Bertz CT molecular complexity index is 558. The highest BCUT2D eigenvalue weighted by Gasteiger charge is 2.31. The summed E-state index contributed by atoms with van der Waals surface area (Å²) in [7, 11) is 0. The Balaban J connectivity index is 2.02. The van der Waals surface area contributed by atoms with Crippen LogP contribution in [0.5, 0.6) is 5.75 Å². The van der Waals surface area contributed by atoms with E-state index in [1.807, 2.05) is 0 Å². The van der Waals surface area contributed by atoms with Gasteiger partial charge in [0.2, 0.25) is 18.2 Å². The van der Waals surface area contributed by atoms with Crippen molar-refractivity contribution in [1.29, 1.82) is 0 Å². The van der Waals surface area contributed by atoms with Gasteiger partial charge in [-0.3, -0.25) is 14.4 Å². The van der Waals surface area contributed by atoms with E-state index in [1.165, 1.54) is 17.0 Å². The monoisotopic (exact) mass is 305 g/mol. The molecule has 7 heteroatoms. The number of hydrogen-bond donors (Lipinski definition) is 3. The second kappa shape index (κ2) is 6.93. The number of rotatable bonds is 6. The van der Waals surface area contributed by atoms with Crippen LogP contribution in [0.4, 0.5) is 0 Å². The third-order valence-electron chi connectivity index (χ3n) is 3.77. The van der Waals surface area contributed by atoms with Crippen LogP contribution < -0.4 is 11.1 Å². The van der Waals surface area contributed by atoms with Crippen molar-refractivity contribution in [3.8, 4) is 5.75 Å². The average Bonchev–Trinajstić information content (AvgIpc) is 2.97. The summed E-state index contributed by atoms with van der Waals surface area (Å²) in [4.78, 5) is 36.1. The Morgan fingerprint density at radius 3 is 2.68 bits per heavy atom. The van der Waals surface area contributed by atoms with Crippen molar-refractivity contribution >= 4 is 18.2 Å². The van der Waals surface area contributed by atoms with Crippen LogP contribution in [-0.4, -0.2) is 46.9 Å². The number of primary amides is 1. The van der Waals surface area contributed by atoms with Crippen molar-refractivity contribution in [1.82, 2.24) is 10.2 Å². The number of amides is 3. The minimum absolute atomic E-state index is 0.121. The molecule has 22 heavy (non-hydrogen) atoms. The molecule has 1 aromatic carbocycles. The van der Waals surface area contributed by atoms with Gasteiger partial charge in [-0.05, 0) is 30.5 Å². The Morgan fingerprint density at radius 1 is 1.41 bits per heavy atom. The average molecular weight is 305 g/mol. The summed E-state index contributed by atoms with van der Waals surface area (Å²) in [6, 6.07) is 4.92. The van der Waals surface area contributed by atoms with Gasteiger partial charge in [0, 0.05) is 13.0 Å². The highest BCUT2D eigenvalue weighted by atomic mass is 16.3. The summed E-state index contributed by atoms with van der Waals surface area (Å²) in [5, 5.41) is 11.9. The van der Waals surface area contributed by atoms with Crippen molar-refractivity contribution in [2.75, 3.05) is 6.54 Å². The Morgan fingerprint density at radius 2 is 2.09 bits per heavy atom. The fraction of sp³-hybridized carbons (Fsp3) is 0.400. The molecule has 1 aromatic rings. The molecule has 0 saturated carbocycles. The molecule has 0 aromatic heterocycles. The largest absolute Gasteiger partial charge is 0.508 e. The van der Waals surface area contributed by atoms with E-state index in [0.29, 0.717) is 19.4 Å². The van der Waals surface area contributed by atoms with Crippen LogP contribution in [-0.2, 0) is 20.8 Å². The molecule has 0 spiro atoms. The number of carbonyl (C=O) groups is 3. The van der Waals surface area contributed by atoms with Gasteiger partial charge in [-0.2, -0.15) is 0 Å². The number of likely N-dealkylation sites (tertiary alicyclic amines) is 1. The van der Waals surface area contributed by atoms with E-state index in [0.717, 1.165) is 12.0 Å². The van der Waals surface area contributed by atoms with Gasteiger partial charge in [0.05, 0.1) is 0 Å². The lowest BCUT2D eigenvalue weighted by Crippen LogP contribution is -2.51. The highest BCUT2D eigenvalue weighted by molar-refractivity contribution is 5.90. The fourth-order valence-electron chi connectivity index (χ4n) is 2.56. The Hall–Kier alpha value is -2.57. The van der Waals surface area contributed by atoms with Crippen molar-refractivity contribution in [3.63, 3.8) is 0 Å². The molecule has 2 atom stereocenters. The minimum atomic E-state index is -0.855. The van der Waals surface area contributed by atoms with Gasteiger partial charge in [0.1, 0.15) is 17.8 Å². The van der Waals surface area contributed by atoms with Gasteiger partial charge in [0.15, 0.2) is 0 Å². The maximum absolute atomic E-state index is 12.2. The van der Waals surface area contributed by atoms with Crippen LogP contribution >= 0.6 is 0 Å². The predicted molar refractivity (Wildman–Crippen MR) is 78.7 cm³/mol. The lowest BCUT2D eigenvalue weighted by Gasteiger charge is -2.22. The molecular formula is C15H19N3O4. The first-order valence-corrected chi connectivity index (χ1v) is 7.10. The third kappa shape index (κ3) is 3.75. The molecule has 0 bridgehead atoms. The number of nitrogens with one attached hydrogen (secondary N) is 1. The number of nitrogens with two attached hydrogens (primary N) is 1. The molecule has 1 saturated heterocycles. The standard InChI is InChI=1S/C15H19N3O4/c16-14(21)12(8-10-3-5-11(20)6-4-10)17-15(22)13-2-1-7-18(13)9-19/h3-6,9,12-13,20H,1-2,7-8H2,(H2,16,21)(H,17,22). The van der Waals surface area contributed by atoms with E-state index in [4.69, 9.17) is 5.73 Å². The molecule has 4 N–H and O–H groups in total. The van der Waals surface area contributed by atoms with Gasteiger partial charge >= 0.3 is 0 Å². The van der Waals surface area contributed by atoms with Crippen LogP contribution in [0.2, 0.25) is 0 Å². The molecule has 7 nitrogen and oxygen atoms in total. The molecule has 2 rings (SSSR count). The molecule has 0 aliphatic carbocycles. The van der Waals surface area contributed by atoms with Gasteiger partial charge in [-0.15, -0.1) is 0 Å². The third-order valence-corrected chi connectivity index (χ3v) is 3.77. The summed E-state index contributed by atoms with van der Waals surface area (Å²) < 4.78 is 0. The summed E-state index contributed by atoms with van der Waals surface area (Å²) >= 11 is 0. The van der Waals surface area contributed by atoms with Crippen LogP contribution in [0, 0.1) is 0 Å². The summed E-state index contributed by atoms with van der Waals surface area (Å²) in [6.45, 7) is 0.542. The molecule has 2 unspecified atom stereocenters. The van der Waals surface area contributed by atoms with E-state index in [-0.39, 0.29) is 18.1 Å². The lowest BCUT2D eigenvalue weighted by atomic mass is 10.0. The summed E-state index contributed by atoms with van der Waals surface area (Å²) in [5.74, 6) is -0.889. The quantitative estimate of drug-likeness (QED) is 0.616. The van der Waals surface area contributed by atoms with E-state index in [9.17, 15) is 19.5 Å². The number of nitrogens with zero attached hydrogens (tertiary/aromatic N) is 1. The van der Waals surface area contributed by atoms with Gasteiger partial charge < -0.3 is 21.1 Å². The van der Waals surface area contributed by atoms with Crippen LogP contribution in [0.3, 0.4) is 0 Å². The first kappa shape index (κ1) is 15.8. The molecule has 1 fully saturated rings. The zero-order valence-corrected chi connectivity index (χ0v) is 12.1. The summed E-state index contributed by atoms with van der Waals surface area (Å²) in [6.07, 6.45) is 2.22. The van der Waals surface area contributed by atoms with E-state index < -0.39 is 18.0 Å². The molecule has 3 amide bonds. The van der Waals surface area contributed by atoms with Crippen molar-refractivity contribution in [3.05, 3.63) is 29.8 Å². The smallest absolute Gasteiger partial charge is 0.243 e. The molecule has 1 aliphatic heterocycles. The SMILES string of the molecule is NC(=O)C(Cc1ccc(O)cc1)NC(=O)C1CCCN1C=O. The second-order valence-corrected chi connectivity index (χ2v) is 5.34. The number of phenols is 1. The first-order chi connectivity index (χ1) is 10.5. The topological polar surface area (TPSA) is 113 Å². The minimum Gasteiger partial charge on any atom is -0.508 e. The van der Waals surface area contributed by atoms with Crippen LogP contribution in [0.25, 0.3) is 0 Å². The Labute approximate surface area is 128 Å². The van der Waals surface area contributed by atoms with E-state index in [1.54, 1.807) is 12.1 Å². The molecule has 118 valence electrons.